The highest BCUT2D eigenvalue weighted by Crippen LogP contribution is 2.44. The van der Waals surface area contributed by atoms with E-state index in [-0.39, 0.29) is 12.1 Å². The molecule has 35 heavy (non-hydrogen) atoms. The Kier molecular flexibility index (Phi) is 6.26. The smallest absolute Gasteiger partial charge is 0.174 e. The van der Waals surface area contributed by atoms with Gasteiger partial charge in [0.2, 0.25) is 0 Å². The molecule has 0 radical (unpaired) electrons. The second kappa shape index (κ2) is 9.36. The highest BCUT2D eigenvalue weighted by atomic mass is 35.5. The number of halogens is 1. The van der Waals surface area contributed by atoms with E-state index in [2.05, 4.69) is 70.9 Å². The van der Waals surface area contributed by atoms with Crippen LogP contribution in [-0.4, -0.2) is 21.8 Å². The second-order valence-electron chi connectivity index (χ2n) is 8.81. The first-order valence-electron chi connectivity index (χ1n) is 11.5. The van der Waals surface area contributed by atoms with Gasteiger partial charge in [0.05, 0.1) is 29.9 Å². The lowest BCUT2D eigenvalue weighted by Gasteiger charge is -2.28. The molecule has 178 valence electrons. The Balaban J connectivity index is 1.67. The van der Waals surface area contributed by atoms with Gasteiger partial charge in [0.15, 0.2) is 5.11 Å². The number of anilines is 1. The number of aryl methyl sites for hydroxylation is 2. The van der Waals surface area contributed by atoms with Crippen LogP contribution in [0.5, 0.6) is 5.75 Å². The number of benzene rings is 2. The third kappa shape index (κ3) is 4.17. The molecule has 1 saturated heterocycles. The molecular formula is C28H27ClN4OS. The summed E-state index contributed by atoms with van der Waals surface area (Å²) in [5.41, 5.74) is 7.70. The first-order valence-corrected chi connectivity index (χ1v) is 12.3. The van der Waals surface area contributed by atoms with E-state index in [4.69, 9.17) is 28.6 Å². The number of nitrogens with one attached hydrogen (secondary N) is 1. The summed E-state index contributed by atoms with van der Waals surface area (Å²) in [4.78, 5) is 6.81. The Morgan fingerprint density at radius 1 is 0.971 bits per heavy atom. The quantitative estimate of drug-likeness (QED) is 0.310. The van der Waals surface area contributed by atoms with Crippen LogP contribution < -0.4 is 15.0 Å². The molecule has 0 bridgehead atoms. The Morgan fingerprint density at radius 2 is 1.71 bits per heavy atom. The van der Waals surface area contributed by atoms with E-state index in [1.165, 1.54) is 11.1 Å². The molecule has 5 nitrogen and oxygen atoms in total. The zero-order valence-corrected chi connectivity index (χ0v) is 21.7. The topological polar surface area (TPSA) is 42.3 Å². The van der Waals surface area contributed by atoms with Gasteiger partial charge >= 0.3 is 0 Å². The molecule has 5 rings (SSSR count). The van der Waals surface area contributed by atoms with Gasteiger partial charge in [-0.1, -0.05) is 35.4 Å². The monoisotopic (exact) mass is 502 g/mol. The maximum Gasteiger partial charge on any atom is 0.174 e. The lowest BCUT2D eigenvalue weighted by molar-refractivity contribution is 0.415. The molecule has 2 atom stereocenters. The number of thiocarbonyl (C=S) groups is 1. The highest BCUT2D eigenvalue weighted by Gasteiger charge is 2.42. The molecule has 0 saturated carbocycles. The Bertz CT molecular complexity index is 1380. The standard InChI is InChI=1S/C28H27ClN4OS/c1-17-8-10-20(11-9-17)32-18(2)15-22(19(32)3)27-26(24-7-5-6-14-30-24)31-28(35)33(27)21-12-13-25(34-4)23(29)16-21/h5-16,26-27H,1-4H3,(H,31,35)/t26-,27+/m0/s1. The van der Waals surface area contributed by atoms with Crippen molar-refractivity contribution in [2.75, 3.05) is 12.0 Å². The van der Waals surface area contributed by atoms with Gasteiger partial charge in [-0.25, -0.2) is 0 Å². The van der Waals surface area contributed by atoms with Crippen LogP contribution in [0, 0.1) is 20.8 Å². The zero-order valence-electron chi connectivity index (χ0n) is 20.1. The third-order valence-corrected chi connectivity index (χ3v) is 7.20. The van der Waals surface area contributed by atoms with Crippen LogP contribution in [0.3, 0.4) is 0 Å². The summed E-state index contributed by atoms with van der Waals surface area (Å²) in [6.45, 7) is 6.41. The lowest BCUT2D eigenvalue weighted by Crippen LogP contribution is -2.29. The van der Waals surface area contributed by atoms with Crippen LogP contribution in [0.25, 0.3) is 5.69 Å². The maximum absolute atomic E-state index is 6.52. The van der Waals surface area contributed by atoms with Gasteiger partial charge in [-0.15, -0.1) is 0 Å². The van der Waals surface area contributed by atoms with Gasteiger partial charge in [0, 0.05) is 29.0 Å². The minimum Gasteiger partial charge on any atom is -0.495 e. The highest BCUT2D eigenvalue weighted by molar-refractivity contribution is 7.80. The normalized spacial score (nSPS) is 17.5. The van der Waals surface area contributed by atoms with Gasteiger partial charge in [0.25, 0.3) is 0 Å². The number of ether oxygens (including phenoxy) is 1. The Morgan fingerprint density at radius 3 is 2.37 bits per heavy atom. The SMILES string of the molecule is COc1ccc(N2C(=S)N[C@@H](c3ccccn3)[C@H]2c2cc(C)n(-c3ccc(C)cc3)c2C)cc1Cl. The summed E-state index contributed by atoms with van der Waals surface area (Å²) < 4.78 is 7.67. The van der Waals surface area contributed by atoms with E-state index in [1.807, 2.05) is 42.6 Å². The summed E-state index contributed by atoms with van der Waals surface area (Å²) in [7, 11) is 1.61. The second-order valence-corrected chi connectivity index (χ2v) is 9.61. The molecule has 7 heteroatoms. The molecule has 0 aliphatic carbocycles. The number of methoxy groups -OCH3 is 1. The van der Waals surface area contributed by atoms with Gasteiger partial charge in [-0.3, -0.25) is 4.98 Å². The minimum absolute atomic E-state index is 0.118. The molecule has 1 N–H and O–H groups in total. The molecule has 1 aliphatic heterocycles. The molecular weight excluding hydrogens is 476 g/mol. The summed E-state index contributed by atoms with van der Waals surface area (Å²) in [5, 5.41) is 4.70. The van der Waals surface area contributed by atoms with E-state index in [9.17, 15) is 0 Å². The molecule has 4 aromatic rings. The van der Waals surface area contributed by atoms with Crippen molar-refractivity contribution in [2.24, 2.45) is 0 Å². The average Bonchev–Trinajstić information content (AvgIpc) is 3.35. The predicted octanol–water partition coefficient (Wildman–Crippen LogP) is 6.64. The number of pyridine rings is 1. The van der Waals surface area contributed by atoms with Crippen molar-refractivity contribution in [3.8, 4) is 11.4 Å². The van der Waals surface area contributed by atoms with Crippen molar-refractivity contribution in [3.05, 3.63) is 106 Å². The van der Waals surface area contributed by atoms with Crippen molar-refractivity contribution in [1.82, 2.24) is 14.9 Å². The lowest BCUT2D eigenvalue weighted by atomic mass is 9.96. The molecule has 2 aromatic carbocycles. The van der Waals surface area contributed by atoms with Crippen molar-refractivity contribution >= 4 is 34.6 Å². The van der Waals surface area contributed by atoms with Gasteiger partial charge < -0.3 is 19.5 Å². The summed E-state index contributed by atoms with van der Waals surface area (Å²) in [6.07, 6.45) is 1.82. The number of rotatable bonds is 5. The van der Waals surface area contributed by atoms with E-state index in [1.54, 1.807) is 7.11 Å². The first-order chi connectivity index (χ1) is 16.9. The van der Waals surface area contributed by atoms with Crippen LogP contribution in [-0.2, 0) is 0 Å². The van der Waals surface area contributed by atoms with Crippen molar-refractivity contribution in [2.45, 2.75) is 32.9 Å². The third-order valence-electron chi connectivity index (χ3n) is 6.59. The van der Waals surface area contributed by atoms with Gasteiger partial charge in [-0.2, -0.15) is 0 Å². The van der Waals surface area contributed by atoms with Crippen molar-refractivity contribution in [3.63, 3.8) is 0 Å². The number of nitrogens with zero attached hydrogens (tertiary/aromatic N) is 3. The molecule has 2 aromatic heterocycles. The van der Waals surface area contributed by atoms with Gasteiger partial charge in [0.1, 0.15) is 5.75 Å². The molecule has 0 spiro atoms. The average molecular weight is 503 g/mol. The molecule has 1 fully saturated rings. The van der Waals surface area contributed by atoms with Crippen molar-refractivity contribution in [1.29, 1.82) is 0 Å². The minimum atomic E-state index is -0.128. The fourth-order valence-corrected chi connectivity index (χ4v) is 5.53. The molecule has 0 amide bonds. The van der Waals surface area contributed by atoms with Crippen LogP contribution in [0.15, 0.2) is 72.9 Å². The van der Waals surface area contributed by atoms with Crippen LogP contribution in [0.1, 0.15) is 40.3 Å². The van der Waals surface area contributed by atoms with E-state index < -0.39 is 0 Å². The first kappa shape index (κ1) is 23.4. The Labute approximate surface area is 216 Å². The van der Waals surface area contributed by atoms with E-state index in [0.717, 1.165) is 28.5 Å². The molecule has 0 unspecified atom stereocenters. The van der Waals surface area contributed by atoms with Crippen molar-refractivity contribution < 1.29 is 4.74 Å². The van der Waals surface area contributed by atoms with Crippen LogP contribution >= 0.6 is 23.8 Å². The molecule has 1 aliphatic rings. The number of aromatic nitrogens is 2. The fourth-order valence-electron chi connectivity index (χ4n) is 4.93. The summed E-state index contributed by atoms with van der Waals surface area (Å²) >= 11 is 12.4. The van der Waals surface area contributed by atoms with Gasteiger partial charge in [-0.05, 0) is 87.1 Å². The largest absolute Gasteiger partial charge is 0.495 e. The van der Waals surface area contributed by atoms with E-state index in [0.29, 0.717) is 15.9 Å². The van der Waals surface area contributed by atoms with Crippen LogP contribution in [0.2, 0.25) is 5.02 Å². The number of hydrogen-bond donors (Lipinski definition) is 1. The summed E-state index contributed by atoms with van der Waals surface area (Å²) in [5.74, 6) is 0.629. The fraction of sp³-hybridized carbons (Fsp3) is 0.214. The number of hydrogen-bond acceptors (Lipinski definition) is 3. The van der Waals surface area contributed by atoms with E-state index >= 15 is 0 Å². The maximum atomic E-state index is 6.52. The summed E-state index contributed by atoms with van der Waals surface area (Å²) in [6, 6.07) is 22.4. The molecule has 3 heterocycles. The van der Waals surface area contributed by atoms with Crippen LogP contribution in [0.4, 0.5) is 5.69 Å². The Hall–Kier alpha value is -3.35. The zero-order chi connectivity index (χ0) is 24.7. The predicted molar refractivity (Wildman–Crippen MR) is 146 cm³/mol.